The van der Waals surface area contributed by atoms with Crippen molar-refractivity contribution >= 4 is 5.97 Å². The number of benzene rings is 1. The molecule has 1 aromatic carbocycles. The minimum Gasteiger partial charge on any atom is -0.508 e. The quantitative estimate of drug-likeness (QED) is 0.692. The highest BCUT2D eigenvalue weighted by Gasteiger charge is 2.25. The van der Waals surface area contributed by atoms with Crippen molar-refractivity contribution in [2.24, 2.45) is 5.73 Å². The van der Waals surface area contributed by atoms with Crippen molar-refractivity contribution in [1.82, 2.24) is 0 Å². The number of carboxylic acids is 1. The van der Waals surface area contributed by atoms with Gasteiger partial charge in [0.2, 0.25) is 0 Å². The number of aliphatic carboxylic acids is 1. The third-order valence-electron chi connectivity index (χ3n) is 2.23. The third-order valence-corrected chi connectivity index (χ3v) is 2.23. The van der Waals surface area contributed by atoms with Crippen molar-refractivity contribution in [3.05, 3.63) is 23.8 Å². The van der Waals surface area contributed by atoms with E-state index >= 15 is 0 Å². The molecule has 0 amide bonds. The highest BCUT2D eigenvalue weighted by atomic mass is 16.5. The summed E-state index contributed by atoms with van der Waals surface area (Å²) in [5.74, 6) is -1.78. The van der Waals surface area contributed by atoms with Gasteiger partial charge in [0, 0.05) is 6.54 Å². The Bertz CT molecular complexity index is 378. The van der Waals surface area contributed by atoms with Crippen LogP contribution in [0.4, 0.5) is 0 Å². The molecular weight excluding hydrogens is 210 g/mol. The molecule has 0 aliphatic rings. The number of phenolic OH excluding ortho intramolecular Hbond substituents is 1. The van der Waals surface area contributed by atoms with Gasteiger partial charge in [-0.3, -0.25) is 4.79 Å². The maximum Gasteiger partial charge on any atom is 0.312 e. The lowest BCUT2D eigenvalue weighted by Crippen LogP contribution is -2.22. The predicted molar refractivity (Wildman–Crippen MR) is 58.7 cm³/mol. The molecule has 0 saturated heterocycles. The van der Waals surface area contributed by atoms with Gasteiger partial charge in [0.05, 0.1) is 12.2 Å². The Kier molecular flexibility index (Phi) is 4.13. The average molecular weight is 225 g/mol. The fourth-order valence-corrected chi connectivity index (χ4v) is 1.51. The van der Waals surface area contributed by atoms with Crippen LogP contribution in [-0.4, -0.2) is 29.3 Å². The molecule has 1 atom stereocenters. The van der Waals surface area contributed by atoms with E-state index in [2.05, 4.69) is 0 Å². The topological polar surface area (TPSA) is 92.8 Å². The second-order valence-corrected chi connectivity index (χ2v) is 3.25. The molecule has 1 aromatic rings. The Morgan fingerprint density at radius 3 is 2.75 bits per heavy atom. The van der Waals surface area contributed by atoms with Gasteiger partial charge in [-0.2, -0.15) is 0 Å². The molecule has 16 heavy (non-hydrogen) atoms. The summed E-state index contributed by atoms with van der Waals surface area (Å²) < 4.78 is 5.27. The van der Waals surface area contributed by atoms with E-state index in [1.807, 2.05) is 0 Å². The van der Waals surface area contributed by atoms with Crippen LogP contribution in [0.25, 0.3) is 0 Å². The molecule has 0 aliphatic heterocycles. The van der Waals surface area contributed by atoms with Gasteiger partial charge in [-0.25, -0.2) is 0 Å². The highest BCUT2D eigenvalue weighted by molar-refractivity contribution is 5.79. The van der Waals surface area contributed by atoms with Gasteiger partial charge in [-0.1, -0.05) is 6.07 Å². The lowest BCUT2D eigenvalue weighted by atomic mass is 9.97. The van der Waals surface area contributed by atoms with Gasteiger partial charge >= 0.3 is 5.97 Å². The van der Waals surface area contributed by atoms with Crippen LogP contribution in [0.1, 0.15) is 18.4 Å². The third kappa shape index (κ3) is 2.43. The Balaban J connectivity index is 3.22. The number of ether oxygens (including phenoxy) is 1. The second-order valence-electron chi connectivity index (χ2n) is 3.25. The molecule has 0 radical (unpaired) electrons. The zero-order chi connectivity index (χ0) is 12.1. The van der Waals surface area contributed by atoms with Crippen molar-refractivity contribution in [1.29, 1.82) is 0 Å². The lowest BCUT2D eigenvalue weighted by Gasteiger charge is -2.16. The van der Waals surface area contributed by atoms with Crippen LogP contribution in [0.2, 0.25) is 0 Å². The van der Waals surface area contributed by atoms with E-state index in [1.165, 1.54) is 6.07 Å². The van der Waals surface area contributed by atoms with E-state index in [9.17, 15) is 9.90 Å². The largest absolute Gasteiger partial charge is 0.508 e. The van der Waals surface area contributed by atoms with Crippen molar-refractivity contribution in [3.63, 3.8) is 0 Å². The minimum atomic E-state index is -1.08. The maximum atomic E-state index is 11.0. The molecule has 4 N–H and O–H groups in total. The molecule has 0 aliphatic carbocycles. The number of hydrogen-bond acceptors (Lipinski definition) is 4. The zero-order valence-corrected chi connectivity index (χ0v) is 9.01. The number of rotatable bonds is 5. The van der Waals surface area contributed by atoms with E-state index in [4.69, 9.17) is 15.6 Å². The Morgan fingerprint density at radius 1 is 1.56 bits per heavy atom. The Hall–Kier alpha value is -1.75. The number of carbonyl (C=O) groups is 1. The molecule has 5 nitrogen and oxygen atoms in total. The lowest BCUT2D eigenvalue weighted by molar-refractivity contribution is -0.138. The van der Waals surface area contributed by atoms with E-state index < -0.39 is 11.9 Å². The fourth-order valence-electron chi connectivity index (χ4n) is 1.51. The molecule has 0 heterocycles. The summed E-state index contributed by atoms with van der Waals surface area (Å²) in [6.45, 7) is 2.09. The summed E-state index contributed by atoms with van der Waals surface area (Å²) in [6, 6.07) is 4.63. The molecule has 0 spiro atoms. The molecule has 0 fully saturated rings. The van der Waals surface area contributed by atoms with Gasteiger partial charge in [-0.05, 0) is 19.1 Å². The van der Waals surface area contributed by atoms with Gasteiger partial charge < -0.3 is 20.7 Å². The molecule has 0 bridgehead atoms. The molecule has 0 aromatic heterocycles. The Labute approximate surface area is 93.5 Å². The van der Waals surface area contributed by atoms with Crippen molar-refractivity contribution in [2.45, 2.75) is 12.8 Å². The van der Waals surface area contributed by atoms with E-state index in [1.54, 1.807) is 19.1 Å². The number of nitrogens with two attached hydrogens (primary N) is 1. The molecule has 0 saturated carbocycles. The van der Waals surface area contributed by atoms with Crippen LogP contribution in [-0.2, 0) is 4.79 Å². The van der Waals surface area contributed by atoms with Gasteiger partial charge in [0.15, 0.2) is 0 Å². The summed E-state index contributed by atoms with van der Waals surface area (Å²) in [6.07, 6.45) is 0. The summed E-state index contributed by atoms with van der Waals surface area (Å²) in [4.78, 5) is 11.0. The fraction of sp³-hybridized carbons (Fsp3) is 0.364. The van der Waals surface area contributed by atoms with Gasteiger partial charge in [0.25, 0.3) is 0 Å². The number of phenols is 1. The van der Waals surface area contributed by atoms with Crippen LogP contribution in [0.3, 0.4) is 0 Å². The van der Waals surface area contributed by atoms with E-state index in [-0.39, 0.29) is 17.9 Å². The molecule has 1 unspecified atom stereocenters. The molecule has 1 rings (SSSR count). The maximum absolute atomic E-state index is 11.0. The summed E-state index contributed by atoms with van der Waals surface area (Å²) in [7, 11) is 0. The van der Waals surface area contributed by atoms with Crippen LogP contribution in [0.5, 0.6) is 11.5 Å². The monoisotopic (exact) mass is 225 g/mol. The zero-order valence-electron chi connectivity index (χ0n) is 9.01. The van der Waals surface area contributed by atoms with E-state index in [0.29, 0.717) is 12.4 Å². The standard InChI is InChI=1S/C11H15NO4/c1-2-16-9-5-3-4-8(13)10(9)7(6-12)11(14)15/h3-5,7,13H,2,6,12H2,1H3,(H,14,15). The smallest absolute Gasteiger partial charge is 0.312 e. The summed E-state index contributed by atoms with van der Waals surface area (Å²) in [5.41, 5.74) is 5.63. The van der Waals surface area contributed by atoms with Crippen LogP contribution in [0, 0.1) is 0 Å². The van der Waals surface area contributed by atoms with Crippen molar-refractivity contribution in [3.8, 4) is 11.5 Å². The Morgan fingerprint density at radius 2 is 2.25 bits per heavy atom. The number of aromatic hydroxyl groups is 1. The van der Waals surface area contributed by atoms with Crippen LogP contribution in [0.15, 0.2) is 18.2 Å². The van der Waals surface area contributed by atoms with Gasteiger partial charge in [-0.15, -0.1) is 0 Å². The summed E-state index contributed by atoms with van der Waals surface area (Å²) >= 11 is 0. The number of carboxylic acid groups (broad SMARTS) is 1. The molecule has 88 valence electrons. The minimum absolute atomic E-state index is 0.0903. The second kappa shape index (κ2) is 5.37. The normalized spacial score (nSPS) is 12.1. The first-order chi connectivity index (χ1) is 7.61. The van der Waals surface area contributed by atoms with Crippen LogP contribution < -0.4 is 10.5 Å². The molecular formula is C11H15NO4. The number of hydrogen-bond donors (Lipinski definition) is 3. The van der Waals surface area contributed by atoms with Crippen molar-refractivity contribution in [2.75, 3.05) is 13.2 Å². The van der Waals surface area contributed by atoms with E-state index in [0.717, 1.165) is 0 Å². The van der Waals surface area contributed by atoms with Crippen LogP contribution >= 0.6 is 0 Å². The van der Waals surface area contributed by atoms with Crippen molar-refractivity contribution < 1.29 is 19.7 Å². The summed E-state index contributed by atoms with van der Waals surface area (Å²) in [5, 5.41) is 18.7. The van der Waals surface area contributed by atoms with Gasteiger partial charge in [0.1, 0.15) is 17.4 Å². The first-order valence-electron chi connectivity index (χ1n) is 4.99. The first kappa shape index (κ1) is 12.3. The predicted octanol–water partition coefficient (Wildman–Crippen LogP) is 0.918. The average Bonchev–Trinajstić information content (AvgIpc) is 2.23. The highest BCUT2D eigenvalue weighted by Crippen LogP contribution is 2.34. The first-order valence-corrected chi connectivity index (χ1v) is 4.99. The SMILES string of the molecule is CCOc1cccc(O)c1C(CN)C(=O)O. The molecule has 5 heteroatoms.